The first kappa shape index (κ1) is 21.6. The summed E-state index contributed by atoms with van der Waals surface area (Å²) in [4.78, 5) is 16.7. The van der Waals surface area contributed by atoms with Crippen molar-refractivity contribution >= 4 is 5.91 Å². The van der Waals surface area contributed by atoms with E-state index in [9.17, 15) is 9.90 Å². The van der Waals surface area contributed by atoms with Gasteiger partial charge in [-0.2, -0.15) is 20.5 Å². The fourth-order valence-electron chi connectivity index (χ4n) is 4.54. The summed E-state index contributed by atoms with van der Waals surface area (Å²) in [6.45, 7) is 3.17. The topological polar surface area (TPSA) is 112 Å². The zero-order chi connectivity index (χ0) is 22.8. The number of fused-ring (bicyclic) bond motifs is 2. The van der Waals surface area contributed by atoms with Gasteiger partial charge < -0.3 is 14.7 Å². The molecule has 2 aliphatic rings. The molecule has 0 fully saturated rings. The number of aromatic nitrogens is 5. The Morgan fingerprint density at radius 1 is 1.12 bits per heavy atom. The lowest BCUT2D eigenvalue weighted by Crippen LogP contribution is -2.35. The van der Waals surface area contributed by atoms with Gasteiger partial charge in [-0.15, -0.1) is 0 Å². The third-order valence-electron chi connectivity index (χ3n) is 6.54. The van der Waals surface area contributed by atoms with Gasteiger partial charge in [0.1, 0.15) is 11.4 Å². The van der Waals surface area contributed by atoms with E-state index in [1.54, 1.807) is 7.11 Å². The Kier molecular flexibility index (Phi) is 6.10. The molecule has 33 heavy (non-hydrogen) atoms. The van der Waals surface area contributed by atoms with E-state index in [1.165, 1.54) is 0 Å². The van der Waals surface area contributed by atoms with Crippen LogP contribution < -0.4 is 4.74 Å². The Bertz CT molecular complexity index is 1080. The number of hydrogen-bond donors (Lipinski definition) is 2. The Hall–Kier alpha value is -3.24. The van der Waals surface area contributed by atoms with Gasteiger partial charge >= 0.3 is 0 Å². The molecule has 0 saturated heterocycles. The first-order valence-electron chi connectivity index (χ1n) is 11.4. The molecular weight excluding hydrogens is 422 g/mol. The summed E-state index contributed by atoms with van der Waals surface area (Å²) >= 11 is 0. The molecule has 0 bridgehead atoms. The lowest BCUT2D eigenvalue weighted by Gasteiger charge is -2.28. The van der Waals surface area contributed by atoms with Crippen molar-refractivity contribution in [3.05, 3.63) is 58.7 Å². The van der Waals surface area contributed by atoms with Crippen molar-refractivity contribution in [2.24, 2.45) is 0 Å². The summed E-state index contributed by atoms with van der Waals surface area (Å²) in [7, 11) is 1.65. The molecule has 1 aromatic carbocycles. The van der Waals surface area contributed by atoms with Gasteiger partial charge in [-0.05, 0) is 30.2 Å². The third kappa shape index (κ3) is 4.62. The number of hydrogen-bond acceptors (Lipinski definition) is 7. The molecule has 10 heteroatoms. The Morgan fingerprint density at radius 3 is 2.76 bits per heavy atom. The third-order valence-corrected chi connectivity index (χ3v) is 6.54. The molecule has 2 N–H and O–H groups in total. The summed E-state index contributed by atoms with van der Waals surface area (Å²) in [5.41, 5.74) is 4.67. The molecule has 3 aromatic rings. The van der Waals surface area contributed by atoms with Crippen LogP contribution in [0.4, 0.5) is 0 Å². The number of aromatic amines is 1. The maximum atomic E-state index is 12.8. The molecular formula is C23H29N7O3. The molecule has 0 spiro atoms. The number of aliphatic hydroxyl groups is 1. The van der Waals surface area contributed by atoms with E-state index in [2.05, 4.69) is 20.5 Å². The number of aryl methyl sites for hydroxylation is 1. The van der Waals surface area contributed by atoms with Crippen molar-refractivity contribution in [3.8, 4) is 5.75 Å². The SMILES string of the molecule is COc1ccc(CCC(=O)N2CCc3cc(C(O)N4CCc5n[nH]nc5C4)nn3CC2)cc1. The Labute approximate surface area is 192 Å². The first-order chi connectivity index (χ1) is 16.1. The van der Waals surface area contributed by atoms with E-state index in [4.69, 9.17) is 4.74 Å². The zero-order valence-electron chi connectivity index (χ0n) is 18.8. The molecule has 10 nitrogen and oxygen atoms in total. The smallest absolute Gasteiger partial charge is 0.222 e. The number of nitrogens with one attached hydrogen (secondary N) is 1. The summed E-state index contributed by atoms with van der Waals surface area (Å²) < 4.78 is 7.12. The number of aliphatic hydroxyl groups excluding tert-OH is 1. The molecule has 2 aromatic heterocycles. The summed E-state index contributed by atoms with van der Waals surface area (Å²) in [5, 5.41) is 26.5. The van der Waals surface area contributed by atoms with Crippen molar-refractivity contribution in [1.82, 2.24) is 35.0 Å². The highest BCUT2D eigenvalue weighted by Crippen LogP contribution is 2.25. The van der Waals surface area contributed by atoms with E-state index in [0.717, 1.165) is 41.2 Å². The second-order valence-corrected chi connectivity index (χ2v) is 8.57. The minimum Gasteiger partial charge on any atom is -0.497 e. The average molecular weight is 452 g/mol. The summed E-state index contributed by atoms with van der Waals surface area (Å²) in [6, 6.07) is 9.82. The molecule has 2 aliphatic heterocycles. The van der Waals surface area contributed by atoms with Crippen LogP contribution in [0.5, 0.6) is 5.75 Å². The second-order valence-electron chi connectivity index (χ2n) is 8.57. The van der Waals surface area contributed by atoms with E-state index >= 15 is 0 Å². The lowest BCUT2D eigenvalue weighted by molar-refractivity contribution is -0.131. The monoisotopic (exact) mass is 451 g/mol. The van der Waals surface area contributed by atoms with Crippen LogP contribution in [0.25, 0.3) is 0 Å². The number of rotatable bonds is 6. The molecule has 0 aliphatic carbocycles. The van der Waals surface area contributed by atoms with Crippen LogP contribution in [0.15, 0.2) is 30.3 Å². The van der Waals surface area contributed by atoms with Gasteiger partial charge in [0.15, 0.2) is 6.23 Å². The molecule has 1 atom stereocenters. The Morgan fingerprint density at radius 2 is 1.94 bits per heavy atom. The maximum Gasteiger partial charge on any atom is 0.222 e. The van der Waals surface area contributed by atoms with E-state index in [-0.39, 0.29) is 5.91 Å². The van der Waals surface area contributed by atoms with Gasteiger partial charge in [0.25, 0.3) is 0 Å². The fourth-order valence-corrected chi connectivity index (χ4v) is 4.54. The zero-order valence-corrected chi connectivity index (χ0v) is 18.8. The molecule has 1 unspecified atom stereocenters. The number of methoxy groups -OCH3 is 1. The molecule has 0 saturated carbocycles. The van der Waals surface area contributed by atoms with Crippen LogP contribution in [-0.4, -0.2) is 72.7 Å². The van der Waals surface area contributed by atoms with Gasteiger partial charge in [-0.3, -0.25) is 14.4 Å². The highest BCUT2D eigenvalue weighted by atomic mass is 16.5. The average Bonchev–Trinajstić information content (AvgIpc) is 3.44. The number of amides is 1. The van der Waals surface area contributed by atoms with Crippen molar-refractivity contribution in [2.75, 3.05) is 26.7 Å². The van der Waals surface area contributed by atoms with Crippen LogP contribution >= 0.6 is 0 Å². The summed E-state index contributed by atoms with van der Waals surface area (Å²) in [6.07, 6.45) is 1.89. The number of ether oxygens (including phenoxy) is 1. The second kappa shape index (κ2) is 9.32. The number of nitrogens with zero attached hydrogens (tertiary/aromatic N) is 6. The van der Waals surface area contributed by atoms with Crippen LogP contribution in [0.3, 0.4) is 0 Å². The van der Waals surface area contributed by atoms with E-state index < -0.39 is 6.23 Å². The number of carbonyl (C=O) groups excluding carboxylic acids is 1. The van der Waals surface area contributed by atoms with Crippen LogP contribution in [-0.2, 0) is 37.1 Å². The van der Waals surface area contributed by atoms with Crippen molar-refractivity contribution in [2.45, 2.75) is 45.0 Å². The predicted molar refractivity (Wildman–Crippen MR) is 119 cm³/mol. The number of benzene rings is 1. The highest BCUT2D eigenvalue weighted by molar-refractivity contribution is 5.76. The van der Waals surface area contributed by atoms with Crippen LogP contribution in [0, 0.1) is 0 Å². The van der Waals surface area contributed by atoms with E-state index in [0.29, 0.717) is 51.3 Å². The molecule has 174 valence electrons. The minimum absolute atomic E-state index is 0.161. The standard InChI is InChI=1S/C23H29N7O3/c1-33-18-5-2-16(3-6-18)4-7-22(31)28-10-8-17-14-20(26-30(17)13-12-28)23(32)29-11-9-19-21(15-29)25-27-24-19/h2-3,5-6,14,23,32H,4,7-13,15H2,1H3,(H,24,25,27). The van der Waals surface area contributed by atoms with Gasteiger partial charge in [0, 0.05) is 51.1 Å². The van der Waals surface area contributed by atoms with Gasteiger partial charge in [0.2, 0.25) is 5.91 Å². The number of carbonyl (C=O) groups is 1. The highest BCUT2D eigenvalue weighted by Gasteiger charge is 2.28. The molecule has 0 radical (unpaired) electrons. The first-order valence-corrected chi connectivity index (χ1v) is 11.4. The van der Waals surface area contributed by atoms with Crippen LogP contribution in [0.2, 0.25) is 0 Å². The van der Waals surface area contributed by atoms with Crippen molar-refractivity contribution in [3.63, 3.8) is 0 Å². The Balaban J connectivity index is 1.16. The number of H-pyrrole nitrogens is 1. The molecule has 5 rings (SSSR count). The quantitative estimate of drug-likeness (QED) is 0.577. The molecule has 1 amide bonds. The maximum absolute atomic E-state index is 12.8. The summed E-state index contributed by atoms with van der Waals surface area (Å²) in [5.74, 6) is 0.980. The van der Waals surface area contributed by atoms with E-state index in [1.807, 2.05) is 44.8 Å². The minimum atomic E-state index is -0.781. The van der Waals surface area contributed by atoms with Gasteiger partial charge in [-0.1, -0.05) is 12.1 Å². The van der Waals surface area contributed by atoms with Gasteiger partial charge in [0.05, 0.1) is 25.0 Å². The van der Waals surface area contributed by atoms with Crippen LogP contribution in [0.1, 0.15) is 41.0 Å². The van der Waals surface area contributed by atoms with Crippen molar-refractivity contribution in [1.29, 1.82) is 0 Å². The van der Waals surface area contributed by atoms with Crippen molar-refractivity contribution < 1.29 is 14.6 Å². The molecule has 4 heterocycles. The normalized spacial score (nSPS) is 17.2. The fraction of sp³-hybridized carbons (Fsp3) is 0.478. The lowest BCUT2D eigenvalue weighted by atomic mass is 10.1. The van der Waals surface area contributed by atoms with Gasteiger partial charge in [-0.25, -0.2) is 0 Å². The predicted octanol–water partition coefficient (Wildman–Crippen LogP) is 1.08. The largest absolute Gasteiger partial charge is 0.497 e.